The van der Waals surface area contributed by atoms with Gasteiger partial charge in [0.25, 0.3) is 5.92 Å². The van der Waals surface area contributed by atoms with Gasteiger partial charge in [-0.05, 0) is 44.6 Å². The molecule has 5 rings (SSSR count). The molecule has 2 aliphatic heterocycles. The molecule has 2 saturated heterocycles. The maximum Gasteiger partial charge on any atom is 0.268 e. The zero-order chi connectivity index (χ0) is 29.7. The largest absolute Gasteiger partial charge is 0.349 e. The van der Waals surface area contributed by atoms with Crippen molar-refractivity contribution in [3.8, 4) is 0 Å². The number of nitrogens with one attached hydrogen (secondary N) is 3. The third kappa shape index (κ3) is 5.40. The number of alkyl halides is 2. The summed E-state index contributed by atoms with van der Waals surface area (Å²) >= 11 is 0. The van der Waals surface area contributed by atoms with E-state index >= 15 is 0 Å². The fraction of sp³-hybridized carbons (Fsp3) is 0.677. The molecule has 2 saturated carbocycles. The van der Waals surface area contributed by atoms with Crippen molar-refractivity contribution < 1.29 is 18.4 Å². The SMILES string of the molecule is CC(=N)N(C(=N)C(C)C)[C@@H]1CC2N(CCC(NC(=O)CCC3CCN(C(C)=O)CC3(F)F)c3ccccc3)[C@H]3CC231. The van der Waals surface area contributed by atoms with E-state index in [-0.39, 0.29) is 54.5 Å². The molecule has 8 nitrogen and oxygen atoms in total. The summed E-state index contributed by atoms with van der Waals surface area (Å²) in [7, 11) is 0. The fourth-order valence-corrected chi connectivity index (χ4v) is 7.69. The number of piperidine rings is 2. The highest BCUT2D eigenvalue weighted by molar-refractivity contribution is 5.98. The third-order valence-electron chi connectivity index (χ3n) is 10.1. The zero-order valence-electron chi connectivity index (χ0n) is 24.6. The van der Waals surface area contributed by atoms with E-state index in [0.29, 0.717) is 30.3 Å². The van der Waals surface area contributed by atoms with Crippen LogP contribution in [0.2, 0.25) is 0 Å². The van der Waals surface area contributed by atoms with E-state index in [0.717, 1.165) is 31.4 Å². The van der Waals surface area contributed by atoms with Gasteiger partial charge in [0.15, 0.2) is 0 Å². The maximum atomic E-state index is 14.7. The minimum atomic E-state index is -2.99. The van der Waals surface area contributed by atoms with Crippen LogP contribution in [-0.2, 0) is 9.59 Å². The second-order valence-corrected chi connectivity index (χ2v) is 12.9. The van der Waals surface area contributed by atoms with Crippen LogP contribution in [0.25, 0.3) is 0 Å². The van der Waals surface area contributed by atoms with E-state index in [2.05, 4.69) is 10.2 Å². The van der Waals surface area contributed by atoms with E-state index in [1.54, 1.807) is 6.92 Å². The summed E-state index contributed by atoms with van der Waals surface area (Å²) < 4.78 is 29.3. The molecule has 0 bridgehead atoms. The van der Waals surface area contributed by atoms with E-state index in [4.69, 9.17) is 10.8 Å². The molecular formula is C31H44F2N6O2. The quantitative estimate of drug-likeness (QED) is 0.281. The van der Waals surface area contributed by atoms with Gasteiger partial charge >= 0.3 is 0 Å². The molecule has 2 heterocycles. The number of benzene rings is 1. The topological polar surface area (TPSA) is 104 Å². The lowest BCUT2D eigenvalue weighted by Gasteiger charge is -2.63. The van der Waals surface area contributed by atoms with Gasteiger partial charge in [0.05, 0.1) is 18.4 Å². The molecule has 0 aromatic heterocycles. The Morgan fingerprint density at radius 3 is 2.44 bits per heavy atom. The maximum absolute atomic E-state index is 14.7. The van der Waals surface area contributed by atoms with Crippen molar-refractivity contribution in [2.75, 3.05) is 19.6 Å². The van der Waals surface area contributed by atoms with Crippen molar-refractivity contribution >= 4 is 23.5 Å². The number of likely N-dealkylation sites (tertiary alicyclic amines) is 2. The molecule has 41 heavy (non-hydrogen) atoms. The van der Waals surface area contributed by atoms with Crippen LogP contribution in [0.1, 0.15) is 77.8 Å². The number of carbonyl (C=O) groups excluding carboxylic acids is 2. The zero-order valence-corrected chi connectivity index (χ0v) is 24.6. The van der Waals surface area contributed by atoms with Crippen molar-refractivity contribution in [1.82, 2.24) is 20.0 Å². The number of hydrogen-bond acceptors (Lipinski definition) is 5. The third-order valence-corrected chi connectivity index (χ3v) is 10.1. The number of hydrogen-bond donors (Lipinski definition) is 3. The summed E-state index contributed by atoms with van der Waals surface area (Å²) in [5.74, 6) is -3.41. The summed E-state index contributed by atoms with van der Waals surface area (Å²) in [6, 6.07) is 10.8. The molecule has 6 atom stereocenters. The van der Waals surface area contributed by atoms with Gasteiger partial charge in [-0.25, -0.2) is 8.78 Å². The lowest BCUT2D eigenvalue weighted by atomic mass is 9.63. The van der Waals surface area contributed by atoms with Crippen molar-refractivity contribution in [2.45, 2.75) is 96.3 Å². The van der Waals surface area contributed by atoms with E-state index in [1.165, 1.54) is 11.8 Å². The van der Waals surface area contributed by atoms with Crippen LogP contribution in [0, 0.1) is 28.1 Å². The van der Waals surface area contributed by atoms with Crippen LogP contribution in [0.15, 0.2) is 30.3 Å². The fourth-order valence-electron chi connectivity index (χ4n) is 7.69. The second-order valence-electron chi connectivity index (χ2n) is 12.9. The summed E-state index contributed by atoms with van der Waals surface area (Å²) in [5.41, 5.74) is 1.20. The molecular weight excluding hydrogens is 526 g/mol. The molecule has 2 amide bonds. The van der Waals surface area contributed by atoms with Gasteiger partial charge in [-0.2, -0.15) is 0 Å². The van der Waals surface area contributed by atoms with Gasteiger partial charge in [-0.15, -0.1) is 0 Å². The first-order chi connectivity index (χ1) is 19.4. The highest BCUT2D eigenvalue weighted by atomic mass is 19.3. The Morgan fingerprint density at radius 2 is 1.85 bits per heavy atom. The van der Waals surface area contributed by atoms with E-state index < -0.39 is 18.4 Å². The summed E-state index contributed by atoms with van der Waals surface area (Å²) in [6.07, 6.45) is 3.10. The number of amidine groups is 2. The number of carbonyl (C=O) groups is 2. The van der Waals surface area contributed by atoms with E-state index in [9.17, 15) is 18.4 Å². The van der Waals surface area contributed by atoms with Gasteiger partial charge in [0.2, 0.25) is 11.8 Å². The molecule has 2 aliphatic carbocycles. The number of halogens is 2. The monoisotopic (exact) mass is 570 g/mol. The first kappa shape index (κ1) is 29.6. The molecule has 1 aromatic rings. The molecule has 224 valence electrons. The van der Waals surface area contributed by atoms with Gasteiger partial charge in [0, 0.05) is 61.8 Å². The van der Waals surface area contributed by atoms with Gasteiger partial charge in [0.1, 0.15) is 5.84 Å². The Hall–Kier alpha value is -2.88. The number of rotatable bonds is 10. The molecule has 1 aromatic carbocycles. The Morgan fingerprint density at radius 1 is 1.15 bits per heavy atom. The predicted molar refractivity (Wildman–Crippen MR) is 154 cm³/mol. The molecule has 1 spiro atoms. The Bertz CT molecular complexity index is 1190. The molecule has 3 N–H and O–H groups in total. The average Bonchev–Trinajstić information content (AvgIpc) is 3.65. The molecule has 0 radical (unpaired) electrons. The first-order valence-corrected chi connectivity index (χ1v) is 15.0. The molecule has 4 aliphatic rings. The lowest BCUT2D eigenvalue weighted by molar-refractivity contribution is -0.149. The summed E-state index contributed by atoms with van der Waals surface area (Å²) in [6.45, 7) is 7.66. The van der Waals surface area contributed by atoms with Crippen molar-refractivity contribution in [3.05, 3.63) is 35.9 Å². The van der Waals surface area contributed by atoms with Crippen LogP contribution in [0.5, 0.6) is 0 Å². The predicted octanol–water partition coefficient (Wildman–Crippen LogP) is 4.67. The van der Waals surface area contributed by atoms with Crippen molar-refractivity contribution in [2.24, 2.45) is 17.3 Å². The van der Waals surface area contributed by atoms with Crippen LogP contribution < -0.4 is 5.32 Å². The molecule has 10 heteroatoms. The van der Waals surface area contributed by atoms with Crippen LogP contribution >= 0.6 is 0 Å². The Balaban J connectivity index is 1.16. The second kappa shape index (κ2) is 11.1. The summed E-state index contributed by atoms with van der Waals surface area (Å²) in [4.78, 5) is 30.2. The highest BCUT2D eigenvalue weighted by Gasteiger charge is 2.82. The van der Waals surface area contributed by atoms with Crippen LogP contribution in [0.3, 0.4) is 0 Å². The minimum absolute atomic E-state index is 0.0318. The van der Waals surface area contributed by atoms with Gasteiger partial charge in [-0.1, -0.05) is 44.2 Å². The van der Waals surface area contributed by atoms with Gasteiger partial charge < -0.3 is 15.1 Å². The first-order valence-electron chi connectivity index (χ1n) is 15.0. The Labute approximate surface area is 241 Å². The number of nitrogens with zero attached hydrogens (tertiary/aromatic N) is 3. The number of amides is 2. The van der Waals surface area contributed by atoms with Crippen molar-refractivity contribution in [3.63, 3.8) is 0 Å². The van der Waals surface area contributed by atoms with E-state index in [1.807, 2.05) is 49.1 Å². The molecule has 4 unspecified atom stereocenters. The van der Waals surface area contributed by atoms with Crippen LogP contribution in [-0.4, -0.2) is 81.9 Å². The normalized spacial score (nSPS) is 30.3. The Kier molecular flexibility index (Phi) is 8.00. The standard InChI is InChI=1S/C31H44F2N6O2/c1-19(2)29(35)39(20(3)34)26-16-25-30(26)17-27(30)38(25)15-13-24(22-8-6-5-7-9-22)36-28(41)11-10-23-12-14-37(21(4)40)18-31(23,32)33/h5-9,19,23-27,34-35H,10-18H2,1-4H3,(H,36,41)/t23?,24?,25?,26-,27+,30?/m1/s1. The van der Waals surface area contributed by atoms with Crippen molar-refractivity contribution in [1.29, 1.82) is 10.8 Å². The average molecular weight is 571 g/mol. The lowest BCUT2D eigenvalue weighted by Crippen LogP contribution is -2.74. The van der Waals surface area contributed by atoms with Gasteiger partial charge in [-0.3, -0.25) is 25.3 Å². The molecule has 4 fully saturated rings. The highest BCUT2D eigenvalue weighted by Crippen LogP contribution is 2.74. The minimum Gasteiger partial charge on any atom is -0.349 e. The van der Waals surface area contributed by atoms with Crippen LogP contribution in [0.4, 0.5) is 8.78 Å². The summed E-state index contributed by atoms with van der Waals surface area (Å²) in [5, 5.41) is 20.0. The smallest absolute Gasteiger partial charge is 0.268 e.